The molecule has 1 aliphatic carbocycles. The smallest absolute Gasteiger partial charge is 0.250 e. The number of fused-ring (bicyclic) bond motifs is 1. The van der Waals surface area contributed by atoms with Crippen molar-refractivity contribution in [2.75, 3.05) is 44.7 Å². The van der Waals surface area contributed by atoms with Crippen LogP contribution in [0.15, 0.2) is 48.5 Å². The van der Waals surface area contributed by atoms with Crippen molar-refractivity contribution in [3.63, 3.8) is 0 Å². The summed E-state index contributed by atoms with van der Waals surface area (Å²) in [5, 5.41) is 0. The van der Waals surface area contributed by atoms with Gasteiger partial charge in [-0.05, 0) is 54.7 Å². The zero-order valence-corrected chi connectivity index (χ0v) is 18.0. The molecule has 2 aliphatic heterocycles. The fourth-order valence-electron chi connectivity index (χ4n) is 4.79. The lowest BCUT2D eigenvalue weighted by molar-refractivity contribution is -0.147. The Labute approximate surface area is 183 Å². The molecule has 2 amide bonds. The molecule has 2 fully saturated rings. The average molecular weight is 420 g/mol. The van der Waals surface area contributed by atoms with Gasteiger partial charge in [-0.2, -0.15) is 0 Å². The summed E-state index contributed by atoms with van der Waals surface area (Å²) in [6.45, 7) is 3.52. The average Bonchev–Trinajstić information content (AvgIpc) is 3.68. The SMILES string of the molecule is COc1ccc(N2CCN(C(=O)[C@@H]3c4ccccc4CCN3C(=O)C3CC3)CC2)cc1. The number of anilines is 1. The van der Waals surface area contributed by atoms with Crippen LogP contribution in [0.5, 0.6) is 5.75 Å². The van der Waals surface area contributed by atoms with Gasteiger partial charge in [-0.1, -0.05) is 24.3 Å². The highest BCUT2D eigenvalue weighted by Gasteiger charge is 2.43. The van der Waals surface area contributed by atoms with Crippen LogP contribution in [0.3, 0.4) is 0 Å². The molecular weight excluding hydrogens is 390 g/mol. The Kier molecular flexibility index (Phi) is 5.30. The van der Waals surface area contributed by atoms with Crippen LogP contribution in [0, 0.1) is 5.92 Å². The number of methoxy groups -OCH3 is 1. The van der Waals surface area contributed by atoms with Gasteiger partial charge in [0.1, 0.15) is 11.8 Å². The van der Waals surface area contributed by atoms with Gasteiger partial charge in [0.15, 0.2) is 0 Å². The largest absolute Gasteiger partial charge is 0.497 e. The van der Waals surface area contributed by atoms with E-state index in [2.05, 4.69) is 23.1 Å². The lowest BCUT2D eigenvalue weighted by atomic mass is 9.91. The number of carbonyl (C=O) groups is 2. The summed E-state index contributed by atoms with van der Waals surface area (Å²) in [6.07, 6.45) is 2.74. The number of ether oxygens (including phenoxy) is 1. The molecule has 2 heterocycles. The Morgan fingerprint density at radius 3 is 2.26 bits per heavy atom. The number of amides is 2. The second-order valence-electron chi connectivity index (χ2n) is 8.67. The van der Waals surface area contributed by atoms with Crippen molar-refractivity contribution < 1.29 is 14.3 Å². The summed E-state index contributed by atoms with van der Waals surface area (Å²) >= 11 is 0. The molecule has 6 heteroatoms. The van der Waals surface area contributed by atoms with Gasteiger partial charge < -0.3 is 19.4 Å². The molecule has 1 atom stereocenters. The molecule has 1 saturated carbocycles. The lowest BCUT2D eigenvalue weighted by Crippen LogP contribution is -2.54. The van der Waals surface area contributed by atoms with Crippen molar-refractivity contribution in [1.82, 2.24) is 9.80 Å². The highest BCUT2D eigenvalue weighted by atomic mass is 16.5. The van der Waals surface area contributed by atoms with Crippen molar-refractivity contribution in [3.05, 3.63) is 59.7 Å². The molecule has 5 rings (SSSR count). The van der Waals surface area contributed by atoms with Crippen LogP contribution < -0.4 is 9.64 Å². The molecule has 162 valence electrons. The van der Waals surface area contributed by atoms with E-state index in [-0.39, 0.29) is 17.7 Å². The number of rotatable bonds is 4. The fraction of sp³-hybridized carbons (Fsp3) is 0.440. The molecule has 1 saturated heterocycles. The van der Waals surface area contributed by atoms with Crippen LogP contribution in [-0.4, -0.2) is 61.4 Å². The van der Waals surface area contributed by atoms with E-state index in [9.17, 15) is 9.59 Å². The predicted octanol–water partition coefficient (Wildman–Crippen LogP) is 2.88. The second-order valence-corrected chi connectivity index (χ2v) is 8.67. The van der Waals surface area contributed by atoms with Gasteiger partial charge in [0, 0.05) is 44.3 Å². The fourth-order valence-corrected chi connectivity index (χ4v) is 4.79. The van der Waals surface area contributed by atoms with E-state index in [1.165, 1.54) is 5.56 Å². The molecule has 0 radical (unpaired) electrons. The van der Waals surface area contributed by atoms with Gasteiger partial charge in [-0.25, -0.2) is 0 Å². The first-order valence-corrected chi connectivity index (χ1v) is 11.2. The van der Waals surface area contributed by atoms with E-state index >= 15 is 0 Å². The minimum Gasteiger partial charge on any atom is -0.497 e. The van der Waals surface area contributed by atoms with Crippen LogP contribution >= 0.6 is 0 Å². The zero-order valence-electron chi connectivity index (χ0n) is 18.0. The molecule has 0 aromatic heterocycles. The maximum absolute atomic E-state index is 13.7. The van der Waals surface area contributed by atoms with E-state index < -0.39 is 6.04 Å². The normalized spacial score (nSPS) is 20.9. The third kappa shape index (κ3) is 3.87. The minimum absolute atomic E-state index is 0.0653. The lowest BCUT2D eigenvalue weighted by Gasteiger charge is -2.42. The number of hydrogen-bond acceptors (Lipinski definition) is 4. The van der Waals surface area contributed by atoms with Crippen LogP contribution in [0.1, 0.15) is 30.0 Å². The highest BCUT2D eigenvalue weighted by molar-refractivity contribution is 5.91. The molecule has 0 N–H and O–H groups in total. The Morgan fingerprint density at radius 2 is 1.58 bits per heavy atom. The summed E-state index contributed by atoms with van der Waals surface area (Å²) in [7, 11) is 1.67. The van der Waals surface area contributed by atoms with Crippen molar-refractivity contribution in [2.24, 2.45) is 5.92 Å². The van der Waals surface area contributed by atoms with Crippen LogP contribution in [0.4, 0.5) is 5.69 Å². The maximum atomic E-state index is 13.7. The van der Waals surface area contributed by atoms with Crippen molar-refractivity contribution >= 4 is 17.5 Å². The Hall–Kier alpha value is -3.02. The van der Waals surface area contributed by atoms with Gasteiger partial charge in [0.25, 0.3) is 0 Å². The van der Waals surface area contributed by atoms with E-state index in [4.69, 9.17) is 4.74 Å². The molecule has 0 bridgehead atoms. The van der Waals surface area contributed by atoms with Crippen molar-refractivity contribution in [1.29, 1.82) is 0 Å². The second kappa shape index (κ2) is 8.25. The van der Waals surface area contributed by atoms with Gasteiger partial charge in [0.05, 0.1) is 7.11 Å². The standard InChI is InChI=1S/C25H29N3O3/c1-31-21-10-8-20(9-11-21)26-14-16-27(17-15-26)25(30)23-22-5-3-2-4-18(22)12-13-28(23)24(29)19-6-7-19/h2-5,8-11,19,23H,6-7,12-17H2,1H3/t23-/m0/s1. The van der Waals surface area contributed by atoms with E-state index in [0.29, 0.717) is 19.6 Å². The summed E-state index contributed by atoms with van der Waals surface area (Å²) in [5.41, 5.74) is 3.34. The third-order valence-electron chi connectivity index (χ3n) is 6.76. The molecule has 2 aromatic carbocycles. The van der Waals surface area contributed by atoms with Gasteiger partial charge in [-0.3, -0.25) is 9.59 Å². The molecule has 0 spiro atoms. The van der Waals surface area contributed by atoms with Crippen LogP contribution in [0.25, 0.3) is 0 Å². The monoisotopic (exact) mass is 419 g/mol. The third-order valence-corrected chi connectivity index (χ3v) is 6.76. The van der Waals surface area contributed by atoms with Gasteiger partial charge in [0.2, 0.25) is 11.8 Å². The first kappa shape index (κ1) is 19.9. The number of piperazine rings is 1. The molecule has 31 heavy (non-hydrogen) atoms. The minimum atomic E-state index is -0.481. The summed E-state index contributed by atoms with van der Waals surface area (Å²) in [6, 6.07) is 15.7. The Morgan fingerprint density at radius 1 is 0.871 bits per heavy atom. The molecule has 2 aromatic rings. The quantitative estimate of drug-likeness (QED) is 0.765. The maximum Gasteiger partial charge on any atom is 0.250 e. The topological polar surface area (TPSA) is 53.1 Å². The number of carbonyl (C=O) groups excluding carboxylic acids is 2. The first-order chi connectivity index (χ1) is 15.2. The highest BCUT2D eigenvalue weighted by Crippen LogP contribution is 2.38. The van der Waals surface area contributed by atoms with E-state index in [1.54, 1.807) is 7.11 Å². The predicted molar refractivity (Wildman–Crippen MR) is 119 cm³/mol. The summed E-state index contributed by atoms with van der Waals surface area (Å²) in [4.78, 5) is 32.8. The summed E-state index contributed by atoms with van der Waals surface area (Å²) in [5.74, 6) is 1.18. The first-order valence-electron chi connectivity index (χ1n) is 11.2. The Bertz CT molecular complexity index is 962. The van der Waals surface area contributed by atoms with Gasteiger partial charge >= 0.3 is 0 Å². The van der Waals surface area contributed by atoms with Gasteiger partial charge in [-0.15, -0.1) is 0 Å². The number of benzene rings is 2. The molecule has 3 aliphatic rings. The molecule has 6 nitrogen and oxygen atoms in total. The van der Waals surface area contributed by atoms with Crippen LogP contribution in [0.2, 0.25) is 0 Å². The van der Waals surface area contributed by atoms with E-state index in [0.717, 1.165) is 49.4 Å². The van der Waals surface area contributed by atoms with Crippen molar-refractivity contribution in [3.8, 4) is 5.75 Å². The molecule has 0 unspecified atom stereocenters. The summed E-state index contributed by atoms with van der Waals surface area (Å²) < 4.78 is 5.25. The van der Waals surface area contributed by atoms with E-state index in [1.807, 2.05) is 40.1 Å². The van der Waals surface area contributed by atoms with Crippen molar-refractivity contribution in [2.45, 2.75) is 25.3 Å². The zero-order chi connectivity index (χ0) is 21.4. The molecular formula is C25H29N3O3. The van der Waals surface area contributed by atoms with Crippen LogP contribution in [-0.2, 0) is 16.0 Å². The Balaban J connectivity index is 1.32. The number of nitrogens with zero attached hydrogens (tertiary/aromatic N) is 3. The number of hydrogen-bond donors (Lipinski definition) is 0.